The van der Waals surface area contributed by atoms with Crippen molar-refractivity contribution < 1.29 is 4.79 Å². The lowest BCUT2D eigenvalue weighted by atomic mass is 9.99. The summed E-state index contributed by atoms with van der Waals surface area (Å²) in [5, 5.41) is 2.96. The number of nitrogens with one attached hydrogen (secondary N) is 1. The maximum absolute atomic E-state index is 11.8. The molecule has 1 amide bonds. The average Bonchev–Trinajstić information content (AvgIpc) is 3.24. The predicted octanol–water partition coefficient (Wildman–Crippen LogP) is 2.21. The highest BCUT2D eigenvalue weighted by atomic mass is 16.2. The Kier molecular flexibility index (Phi) is 3.40. The topological polar surface area (TPSA) is 45.2 Å². The molecule has 4 nitrogen and oxygen atoms in total. The molecule has 0 unspecified atom stereocenters. The lowest BCUT2D eigenvalue weighted by Crippen LogP contribution is -2.33. The minimum absolute atomic E-state index is 0.0404. The standard InChI is InChI=1S/C15H21N3O/c1-11-6-8-18(9-7-11)13-4-5-14(16-10-13)15(19)17-12-2-3-12/h4-5,10-12H,2-3,6-9H2,1H3,(H,17,19). The zero-order chi connectivity index (χ0) is 13.2. The highest BCUT2D eigenvalue weighted by molar-refractivity contribution is 5.92. The molecule has 0 bridgehead atoms. The summed E-state index contributed by atoms with van der Waals surface area (Å²) < 4.78 is 0. The third kappa shape index (κ3) is 3.06. The summed E-state index contributed by atoms with van der Waals surface area (Å²) in [7, 11) is 0. The highest BCUT2D eigenvalue weighted by Crippen LogP contribution is 2.23. The molecule has 1 aliphatic carbocycles. The molecule has 2 heterocycles. The van der Waals surface area contributed by atoms with Crippen molar-refractivity contribution in [2.45, 2.75) is 38.6 Å². The second-order valence-electron chi connectivity index (χ2n) is 5.82. The van der Waals surface area contributed by atoms with Gasteiger partial charge in [-0.1, -0.05) is 6.92 Å². The van der Waals surface area contributed by atoms with Crippen LogP contribution in [0, 0.1) is 5.92 Å². The molecule has 0 spiro atoms. The number of carbonyl (C=O) groups is 1. The Hall–Kier alpha value is -1.58. The largest absolute Gasteiger partial charge is 0.370 e. The van der Waals surface area contributed by atoms with Crippen LogP contribution in [0.15, 0.2) is 18.3 Å². The molecule has 4 heteroatoms. The van der Waals surface area contributed by atoms with E-state index < -0.39 is 0 Å². The van der Waals surface area contributed by atoms with Crippen LogP contribution in [0.1, 0.15) is 43.1 Å². The first-order chi connectivity index (χ1) is 9.22. The molecule has 1 N–H and O–H groups in total. The molecule has 1 aromatic rings. The number of amides is 1. The zero-order valence-corrected chi connectivity index (χ0v) is 11.4. The van der Waals surface area contributed by atoms with Gasteiger partial charge in [0.15, 0.2) is 0 Å². The Morgan fingerprint density at radius 3 is 2.58 bits per heavy atom. The summed E-state index contributed by atoms with van der Waals surface area (Å²) >= 11 is 0. The number of hydrogen-bond acceptors (Lipinski definition) is 3. The predicted molar refractivity (Wildman–Crippen MR) is 75.3 cm³/mol. The molecule has 1 aliphatic heterocycles. The third-order valence-electron chi connectivity index (χ3n) is 4.04. The van der Waals surface area contributed by atoms with E-state index in [1.807, 2.05) is 18.3 Å². The molecule has 0 atom stereocenters. The van der Waals surface area contributed by atoms with E-state index in [4.69, 9.17) is 0 Å². The molecule has 1 aromatic heterocycles. The molecule has 0 radical (unpaired) electrons. The van der Waals surface area contributed by atoms with Gasteiger partial charge < -0.3 is 10.2 Å². The fourth-order valence-electron chi connectivity index (χ4n) is 2.46. The normalized spacial score (nSPS) is 20.4. The number of piperidine rings is 1. The lowest BCUT2D eigenvalue weighted by molar-refractivity contribution is 0.0946. The van der Waals surface area contributed by atoms with Crippen molar-refractivity contribution in [2.75, 3.05) is 18.0 Å². The summed E-state index contributed by atoms with van der Waals surface area (Å²) in [6.07, 6.45) is 6.53. The molecule has 2 aliphatic rings. The quantitative estimate of drug-likeness (QED) is 0.905. The van der Waals surface area contributed by atoms with Gasteiger partial charge in [0.2, 0.25) is 0 Å². The number of hydrogen-bond donors (Lipinski definition) is 1. The maximum Gasteiger partial charge on any atom is 0.270 e. The third-order valence-corrected chi connectivity index (χ3v) is 4.04. The summed E-state index contributed by atoms with van der Waals surface area (Å²) in [5.74, 6) is 0.786. The maximum atomic E-state index is 11.8. The van der Waals surface area contributed by atoms with Crippen LogP contribution in [0.3, 0.4) is 0 Å². The van der Waals surface area contributed by atoms with E-state index in [1.54, 1.807) is 0 Å². The Labute approximate surface area is 114 Å². The monoisotopic (exact) mass is 259 g/mol. The van der Waals surface area contributed by atoms with Gasteiger partial charge in [0.1, 0.15) is 5.69 Å². The number of aromatic nitrogens is 1. The molecule has 1 saturated heterocycles. The average molecular weight is 259 g/mol. The van der Waals surface area contributed by atoms with E-state index in [0.29, 0.717) is 11.7 Å². The van der Waals surface area contributed by atoms with Crippen molar-refractivity contribution in [3.8, 4) is 0 Å². The minimum Gasteiger partial charge on any atom is -0.370 e. The van der Waals surface area contributed by atoms with Crippen LogP contribution in [0.25, 0.3) is 0 Å². The molecule has 1 saturated carbocycles. The van der Waals surface area contributed by atoms with Gasteiger partial charge in [0.05, 0.1) is 11.9 Å². The lowest BCUT2D eigenvalue weighted by Gasteiger charge is -2.31. The summed E-state index contributed by atoms with van der Waals surface area (Å²) in [6, 6.07) is 4.24. The zero-order valence-electron chi connectivity index (χ0n) is 11.4. The van der Waals surface area contributed by atoms with Gasteiger partial charge in [-0.25, -0.2) is 4.98 Å². The van der Waals surface area contributed by atoms with Crippen molar-refractivity contribution in [2.24, 2.45) is 5.92 Å². The van der Waals surface area contributed by atoms with Crippen molar-refractivity contribution in [1.82, 2.24) is 10.3 Å². The van der Waals surface area contributed by atoms with E-state index in [0.717, 1.165) is 37.5 Å². The molecule has 102 valence electrons. The van der Waals surface area contributed by atoms with Crippen molar-refractivity contribution in [3.63, 3.8) is 0 Å². The first-order valence-corrected chi connectivity index (χ1v) is 7.24. The van der Waals surface area contributed by atoms with Crippen LogP contribution in [-0.2, 0) is 0 Å². The Bertz CT molecular complexity index is 445. The second-order valence-corrected chi connectivity index (χ2v) is 5.82. The van der Waals surface area contributed by atoms with E-state index >= 15 is 0 Å². The van der Waals surface area contributed by atoms with Crippen molar-refractivity contribution in [1.29, 1.82) is 0 Å². The number of pyridine rings is 1. The Morgan fingerprint density at radius 1 is 1.26 bits per heavy atom. The first kappa shape index (κ1) is 12.5. The Balaban J connectivity index is 1.63. The van der Waals surface area contributed by atoms with E-state index in [9.17, 15) is 4.79 Å². The molecule has 3 rings (SSSR count). The van der Waals surface area contributed by atoms with Crippen molar-refractivity contribution in [3.05, 3.63) is 24.0 Å². The highest BCUT2D eigenvalue weighted by Gasteiger charge is 2.24. The van der Waals surface area contributed by atoms with Crippen LogP contribution in [0.5, 0.6) is 0 Å². The van der Waals surface area contributed by atoms with E-state index in [-0.39, 0.29) is 5.91 Å². The molecular formula is C15H21N3O. The smallest absolute Gasteiger partial charge is 0.270 e. The Morgan fingerprint density at radius 2 is 2.00 bits per heavy atom. The van der Waals surface area contributed by atoms with Crippen LogP contribution in [-0.4, -0.2) is 30.0 Å². The minimum atomic E-state index is -0.0404. The summed E-state index contributed by atoms with van der Waals surface area (Å²) in [4.78, 5) is 18.5. The van der Waals surface area contributed by atoms with Gasteiger partial charge in [-0.2, -0.15) is 0 Å². The fraction of sp³-hybridized carbons (Fsp3) is 0.600. The van der Waals surface area contributed by atoms with Crippen LogP contribution in [0.2, 0.25) is 0 Å². The van der Waals surface area contributed by atoms with Crippen LogP contribution in [0.4, 0.5) is 5.69 Å². The van der Waals surface area contributed by atoms with Gasteiger partial charge in [0.25, 0.3) is 5.91 Å². The van der Waals surface area contributed by atoms with Crippen LogP contribution >= 0.6 is 0 Å². The summed E-state index contributed by atoms with van der Waals surface area (Å²) in [6.45, 7) is 4.49. The van der Waals surface area contributed by atoms with Crippen molar-refractivity contribution >= 4 is 11.6 Å². The number of rotatable bonds is 3. The van der Waals surface area contributed by atoms with E-state index in [1.165, 1.54) is 12.8 Å². The molecule has 0 aromatic carbocycles. The molecule has 2 fully saturated rings. The number of anilines is 1. The van der Waals surface area contributed by atoms with Gasteiger partial charge in [-0.15, -0.1) is 0 Å². The summed E-state index contributed by atoms with van der Waals surface area (Å²) in [5.41, 5.74) is 1.66. The van der Waals surface area contributed by atoms with Gasteiger partial charge >= 0.3 is 0 Å². The van der Waals surface area contributed by atoms with E-state index in [2.05, 4.69) is 22.1 Å². The SMILES string of the molecule is CC1CCN(c2ccc(C(=O)NC3CC3)nc2)CC1. The molecule has 19 heavy (non-hydrogen) atoms. The molecular weight excluding hydrogens is 238 g/mol. The first-order valence-electron chi connectivity index (χ1n) is 7.24. The van der Waals surface area contributed by atoms with Gasteiger partial charge in [-0.3, -0.25) is 4.79 Å². The van der Waals surface area contributed by atoms with Crippen LogP contribution < -0.4 is 10.2 Å². The van der Waals surface area contributed by atoms with Gasteiger partial charge in [0, 0.05) is 19.1 Å². The number of carbonyl (C=O) groups excluding carboxylic acids is 1. The fourth-order valence-corrected chi connectivity index (χ4v) is 2.46. The second kappa shape index (κ2) is 5.19. The van der Waals surface area contributed by atoms with Gasteiger partial charge in [-0.05, 0) is 43.7 Å². The number of nitrogens with zero attached hydrogens (tertiary/aromatic N) is 2.